The number of hydrogen-bond donors (Lipinski definition) is 1. The van der Waals surface area contributed by atoms with E-state index < -0.39 is 9.84 Å². The number of nitrogens with one attached hydrogen (secondary N) is 1. The Morgan fingerprint density at radius 1 is 1.38 bits per heavy atom. The molecule has 0 spiro atoms. The van der Waals surface area contributed by atoms with Crippen LogP contribution in [0, 0.1) is 5.92 Å². The molecule has 1 aliphatic heterocycles. The average molecular weight is 311 g/mol. The summed E-state index contributed by atoms with van der Waals surface area (Å²) in [6.45, 7) is 0.448. The maximum absolute atomic E-state index is 11.8. The van der Waals surface area contributed by atoms with Gasteiger partial charge in [-0.3, -0.25) is 4.79 Å². The van der Waals surface area contributed by atoms with Gasteiger partial charge in [0.05, 0.1) is 18.6 Å². The number of methoxy groups -OCH3 is 1. The van der Waals surface area contributed by atoms with Gasteiger partial charge in [0.25, 0.3) is 0 Å². The van der Waals surface area contributed by atoms with Crippen LogP contribution >= 0.6 is 0 Å². The van der Waals surface area contributed by atoms with Gasteiger partial charge in [-0.25, -0.2) is 8.42 Å². The van der Waals surface area contributed by atoms with Crippen molar-refractivity contribution in [2.75, 3.05) is 25.2 Å². The van der Waals surface area contributed by atoms with Gasteiger partial charge in [-0.1, -0.05) is 18.2 Å². The molecule has 6 heteroatoms. The van der Waals surface area contributed by atoms with Crippen molar-refractivity contribution in [1.29, 1.82) is 0 Å². The Bertz CT molecular complexity index is 597. The minimum Gasteiger partial charge on any atom is -0.496 e. The Hall–Kier alpha value is -1.56. The van der Waals surface area contributed by atoms with E-state index in [0.717, 1.165) is 11.3 Å². The molecule has 5 nitrogen and oxygen atoms in total. The molecule has 1 aromatic carbocycles. The molecule has 1 fully saturated rings. The molecule has 1 atom stereocenters. The standard InChI is InChI=1S/C15H21NO4S/c1-20-14-5-3-2-4-13(14)6-7-15(17)16-10-12-8-9-21(18,19)11-12/h2-5,12H,6-11H2,1H3,(H,16,17). The third-order valence-electron chi connectivity index (χ3n) is 3.73. The lowest BCUT2D eigenvalue weighted by molar-refractivity contribution is -0.121. The minimum absolute atomic E-state index is 0.0507. The first-order valence-corrected chi connectivity index (χ1v) is 8.91. The van der Waals surface area contributed by atoms with Gasteiger partial charge < -0.3 is 10.1 Å². The highest BCUT2D eigenvalue weighted by Crippen LogP contribution is 2.19. The third-order valence-corrected chi connectivity index (χ3v) is 5.57. The van der Waals surface area contributed by atoms with Crippen LogP contribution in [0.2, 0.25) is 0 Å². The lowest BCUT2D eigenvalue weighted by Crippen LogP contribution is -2.30. The van der Waals surface area contributed by atoms with Gasteiger partial charge in [-0.15, -0.1) is 0 Å². The number of sulfone groups is 1. The van der Waals surface area contributed by atoms with E-state index in [2.05, 4.69) is 5.32 Å². The van der Waals surface area contributed by atoms with Crippen LogP contribution < -0.4 is 10.1 Å². The lowest BCUT2D eigenvalue weighted by Gasteiger charge is -2.11. The molecule has 2 rings (SSSR count). The molecule has 1 heterocycles. The topological polar surface area (TPSA) is 72.5 Å². The summed E-state index contributed by atoms with van der Waals surface area (Å²) in [5.74, 6) is 1.23. The summed E-state index contributed by atoms with van der Waals surface area (Å²) < 4.78 is 27.9. The summed E-state index contributed by atoms with van der Waals surface area (Å²) in [4.78, 5) is 11.8. The van der Waals surface area contributed by atoms with E-state index in [1.54, 1.807) is 7.11 Å². The molecule has 1 amide bonds. The number of ether oxygens (including phenoxy) is 1. The van der Waals surface area contributed by atoms with Gasteiger partial charge in [0, 0.05) is 13.0 Å². The SMILES string of the molecule is COc1ccccc1CCC(=O)NCC1CCS(=O)(=O)C1. The van der Waals surface area contributed by atoms with Gasteiger partial charge in [0.15, 0.2) is 9.84 Å². The maximum atomic E-state index is 11.8. The summed E-state index contributed by atoms with van der Waals surface area (Å²) in [5, 5.41) is 2.83. The zero-order valence-electron chi connectivity index (χ0n) is 12.2. The molecule has 1 aliphatic rings. The number of benzene rings is 1. The van der Waals surface area contributed by atoms with Crippen LogP contribution in [0.1, 0.15) is 18.4 Å². The summed E-state index contributed by atoms with van der Waals surface area (Å²) >= 11 is 0. The predicted octanol–water partition coefficient (Wildman–Crippen LogP) is 1.18. The van der Waals surface area contributed by atoms with Gasteiger partial charge in [-0.05, 0) is 30.4 Å². The summed E-state index contributed by atoms with van der Waals surface area (Å²) in [6.07, 6.45) is 1.63. The van der Waals surface area contributed by atoms with Crippen molar-refractivity contribution in [3.05, 3.63) is 29.8 Å². The molecule has 116 valence electrons. The fourth-order valence-corrected chi connectivity index (χ4v) is 4.40. The van der Waals surface area contributed by atoms with Crippen LogP contribution in [0.15, 0.2) is 24.3 Å². The van der Waals surface area contributed by atoms with Crippen LogP contribution in [0.25, 0.3) is 0 Å². The molecule has 0 aliphatic carbocycles. The zero-order chi connectivity index (χ0) is 15.3. The molecular weight excluding hydrogens is 290 g/mol. The second-order valence-electron chi connectivity index (χ2n) is 5.38. The smallest absolute Gasteiger partial charge is 0.220 e. The van der Waals surface area contributed by atoms with E-state index in [1.807, 2.05) is 24.3 Å². The van der Waals surface area contributed by atoms with Crippen molar-refractivity contribution < 1.29 is 17.9 Å². The van der Waals surface area contributed by atoms with Gasteiger partial charge in [0.1, 0.15) is 5.75 Å². The molecule has 1 saturated heterocycles. The van der Waals surface area contributed by atoms with Crippen LogP contribution in [0.4, 0.5) is 0 Å². The molecule has 1 aromatic rings. The lowest BCUT2D eigenvalue weighted by atomic mass is 10.1. The minimum atomic E-state index is -2.88. The fourth-order valence-electron chi connectivity index (χ4n) is 2.54. The third kappa shape index (κ3) is 4.74. The van der Waals surface area contributed by atoms with Crippen molar-refractivity contribution >= 4 is 15.7 Å². The number of amides is 1. The Morgan fingerprint density at radius 3 is 2.81 bits per heavy atom. The molecule has 1 unspecified atom stereocenters. The number of rotatable bonds is 6. The Labute approximate surface area is 125 Å². The van der Waals surface area contributed by atoms with Gasteiger partial charge in [-0.2, -0.15) is 0 Å². The Balaban J connectivity index is 1.75. The van der Waals surface area contributed by atoms with Crippen LogP contribution in [-0.4, -0.2) is 39.5 Å². The largest absolute Gasteiger partial charge is 0.496 e. The predicted molar refractivity (Wildman–Crippen MR) is 81.1 cm³/mol. The summed E-state index contributed by atoms with van der Waals surface area (Å²) in [7, 11) is -1.26. The average Bonchev–Trinajstić information content (AvgIpc) is 2.82. The van der Waals surface area contributed by atoms with Gasteiger partial charge >= 0.3 is 0 Å². The highest BCUT2D eigenvalue weighted by Gasteiger charge is 2.27. The van der Waals surface area contributed by atoms with E-state index in [-0.39, 0.29) is 23.3 Å². The van der Waals surface area contributed by atoms with Crippen molar-refractivity contribution in [2.45, 2.75) is 19.3 Å². The molecule has 21 heavy (non-hydrogen) atoms. The number of para-hydroxylation sites is 1. The summed E-state index contributed by atoms with van der Waals surface area (Å²) in [6, 6.07) is 7.62. The normalized spacial score (nSPS) is 20.1. The first-order chi connectivity index (χ1) is 10.00. The van der Waals surface area contributed by atoms with Crippen LogP contribution in [0.3, 0.4) is 0 Å². The second kappa shape index (κ2) is 6.93. The Morgan fingerprint density at radius 2 is 2.14 bits per heavy atom. The highest BCUT2D eigenvalue weighted by atomic mass is 32.2. The van der Waals surface area contributed by atoms with Crippen molar-refractivity contribution in [3.8, 4) is 5.75 Å². The first-order valence-electron chi connectivity index (χ1n) is 7.09. The maximum Gasteiger partial charge on any atom is 0.220 e. The van der Waals surface area contributed by atoms with Crippen LogP contribution in [-0.2, 0) is 21.1 Å². The van der Waals surface area contributed by atoms with E-state index >= 15 is 0 Å². The molecule has 0 radical (unpaired) electrons. The van der Waals surface area contributed by atoms with Crippen molar-refractivity contribution in [1.82, 2.24) is 5.32 Å². The number of carbonyl (C=O) groups excluding carboxylic acids is 1. The van der Waals surface area contributed by atoms with E-state index in [0.29, 0.717) is 25.8 Å². The van der Waals surface area contributed by atoms with Crippen molar-refractivity contribution in [3.63, 3.8) is 0 Å². The molecule has 0 saturated carbocycles. The van der Waals surface area contributed by atoms with Crippen molar-refractivity contribution in [2.24, 2.45) is 5.92 Å². The van der Waals surface area contributed by atoms with E-state index in [9.17, 15) is 13.2 Å². The number of hydrogen-bond acceptors (Lipinski definition) is 4. The first kappa shape index (κ1) is 15.8. The monoisotopic (exact) mass is 311 g/mol. The molecule has 1 N–H and O–H groups in total. The summed E-state index contributed by atoms with van der Waals surface area (Å²) in [5.41, 5.74) is 0.999. The van der Waals surface area contributed by atoms with Gasteiger partial charge in [0.2, 0.25) is 5.91 Å². The zero-order valence-corrected chi connectivity index (χ0v) is 13.0. The number of aryl methyl sites for hydroxylation is 1. The second-order valence-corrected chi connectivity index (χ2v) is 7.61. The molecule has 0 bridgehead atoms. The van der Waals surface area contributed by atoms with E-state index in [1.165, 1.54) is 0 Å². The van der Waals surface area contributed by atoms with E-state index in [4.69, 9.17) is 4.74 Å². The quantitative estimate of drug-likeness (QED) is 0.856. The molecular formula is C15H21NO4S. The Kier molecular flexibility index (Phi) is 5.22. The fraction of sp³-hybridized carbons (Fsp3) is 0.533. The van der Waals surface area contributed by atoms with Crippen LogP contribution in [0.5, 0.6) is 5.75 Å². The highest BCUT2D eigenvalue weighted by molar-refractivity contribution is 7.91. The number of carbonyl (C=O) groups is 1. The molecule has 0 aromatic heterocycles.